The highest BCUT2D eigenvalue weighted by molar-refractivity contribution is 5.78. The standard InChI is InChI=1S/C5H7N3O2/c1-2-10-5(9)4(3-6)8-7/h4,7H,2H2,1H3. The second kappa shape index (κ2) is 4.44. The molecule has 54 valence electrons. The van der Waals surface area contributed by atoms with Crippen LogP contribution in [0.5, 0.6) is 0 Å². The maximum absolute atomic E-state index is 10.5. The van der Waals surface area contributed by atoms with Crippen LogP contribution in [-0.2, 0) is 9.53 Å². The monoisotopic (exact) mass is 141 g/mol. The van der Waals surface area contributed by atoms with Gasteiger partial charge in [0.25, 0.3) is 6.04 Å². The molecule has 0 heterocycles. The van der Waals surface area contributed by atoms with E-state index in [1.807, 2.05) is 0 Å². The lowest BCUT2D eigenvalue weighted by Gasteiger charge is -1.99. The summed E-state index contributed by atoms with van der Waals surface area (Å²) < 4.78 is 4.41. The minimum absolute atomic E-state index is 0.201. The van der Waals surface area contributed by atoms with Crippen molar-refractivity contribution in [3.05, 3.63) is 0 Å². The highest BCUT2D eigenvalue weighted by atomic mass is 16.5. The summed E-state index contributed by atoms with van der Waals surface area (Å²) in [6.45, 7) is 1.82. The van der Waals surface area contributed by atoms with Crippen molar-refractivity contribution < 1.29 is 9.53 Å². The van der Waals surface area contributed by atoms with Crippen molar-refractivity contribution in [2.75, 3.05) is 6.61 Å². The third kappa shape index (κ3) is 2.22. The normalized spacial score (nSPS) is 11.2. The fraction of sp³-hybridized carbons (Fsp3) is 0.600. The molecule has 0 spiro atoms. The molecule has 1 atom stereocenters. The molecule has 5 nitrogen and oxygen atoms in total. The minimum Gasteiger partial charge on any atom is -0.464 e. The van der Waals surface area contributed by atoms with Crippen LogP contribution in [0, 0.1) is 16.9 Å². The van der Waals surface area contributed by atoms with E-state index in [1.54, 1.807) is 6.92 Å². The van der Waals surface area contributed by atoms with Gasteiger partial charge < -0.3 is 4.74 Å². The Morgan fingerprint density at radius 3 is 2.90 bits per heavy atom. The number of nitriles is 1. The molecular formula is C5H7N3O2. The smallest absolute Gasteiger partial charge is 0.347 e. The van der Waals surface area contributed by atoms with Gasteiger partial charge >= 0.3 is 5.97 Å². The lowest BCUT2D eigenvalue weighted by Crippen LogP contribution is -2.18. The van der Waals surface area contributed by atoms with Gasteiger partial charge in [0.05, 0.1) is 6.61 Å². The summed E-state index contributed by atoms with van der Waals surface area (Å²) in [5.41, 5.74) is 6.37. The zero-order valence-corrected chi connectivity index (χ0v) is 5.50. The van der Waals surface area contributed by atoms with E-state index in [0.717, 1.165) is 0 Å². The second-order valence-electron chi connectivity index (χ2n) is 1.41. The van der Waals surface area contributed by atoms with Crippen LogP contribution in [0.15, 0.2) is 5.11 Å². The van der Waals surface area contributed by atoms with Crippen molar-refractivity contribution in [1.29, 1.82) is 10.8 Å². The number of hydrogen-bond acceptors (Lipinski definition) is 5. The van der Waals surface area contributed by atoms with E-state index >= 15 is 0 Å². The molecule has 0 rings (SSSR count). The van der Waals surface area contributed by atoms with Gasteiger partial charge in [-0.15, -0.1) is 0 Å². The van der Waals surface area contributed by atoms with Crippen LogP contribution in [-0.4, -0.2) is 18.6 Å². The fourth-order valence-electron chi connectivity index (χ4n) is 0.355. The number of hydrogen-bond donors (Lipinski definition) is 1. The molecule has 0 fully saturated rings. The molecule has 0 amide bonds. The quantitative estimate of drug-likeness (QED) is 0.457. The highest BCUT2D eigenvalue weighted by Crippen LogP contribution is 1.91. The second-order valence-corrected chi connectivity index (χ2v) is 1.41. The Labute approximate surface area is 58.1 Å². The predicted molar refractivity (Wildman–Crippen MR) is 31.2 cm³/mol. The molecule has 1 N–H and O–H groups in total. The van der Waals surface area contributed by atoms with Gasteiger partial charge in [-0.25, -0.2) is 10.3 Å². The van der Waals surface area contributed by atoms with Crippen molar-refractivity contribution in [1.82, 2.24) is 0 Å². The zero-order valence-electron chi connectivity index (χ0n) is 5.50. The van der Waals surface area contributed by atoms with Gasteiger partial charge in [-0.2, -0.15) is 10.4 Å². The Balaban J connectivity index is 3.92. The van der Waals surface area contributed by atoms with Crippen LogP contribution in [0.4, 0.5) is 0 Å². The highest BCUT2D eigenvalue weighted by Gasteiger charge is 2.16. The molecule has 5 heteroatoms. The lowest BCUT2D eigenvalue weighted by atomic mass is 10.4. The van der Waals surface area contributed by atoms with Crippen LogP contribution in [0.1, 0.15) is 6.92 Å². The minimum atomic E-state index is -1.29. The first kappa shape index (κ1) is 8.56. The number of ether oxygens (including phenoxy) is 1. The van der Waals surface area contributed by atoms with Crippen molar-refractivity contribution in [2.24, 2.45) is 5.11 Å². The molecule has 0 saturated heterocycles. The number of carbonyl (C=O) groups excluding carboxylic acids is 1. The number of carbonyl (C=O) groups is 1. The van der Waals surface area contributed by atoms with Gasteiger partial charge in [-0.3, -0.25) is 0 Å². The molecule has 0 aliphatic heterocycles. The molecule has 0 bridgehead atoms. The van der Waals surface area contributed by atoms with E-state index in [9.17, 15) is 4.79 Å². The summed E-state index contributed by atoms with van der Waals surface area (Å²) in [7, 11) is 0. The first-order valence-corrected chi connectivity index (χ1v) is 2.69. The van der Waals surface area contributed by atoms with Gasteiger partial charge in [0.2, 0.25) is 0 Å². The molecule has 0 aromatic rings. The van der Waals surface area contributed by atoms with Gasteiger partial charge in [0.1, 0.15) is 6.07 Å². The van der Waals surface area contributed by atoms with Crippen LogP contribution in [0.3, 0.4) is 0 Å². The molecule has 0 saturated carbocycles. The summed E-state index contributed by atoms with van der Waals surface area (Å²) in [5, 5.41) is 10.9. The van der Waals surface area contributed by atoms with E-state index in [4.69, 9.17) is 10.8 Å². The summed E-state index contributed by atoms with van der Waals surface area (Å²) in [6.07, 6.45) is 0. The number of nitrogens with zero attached hydrogens (tertiary/aromatic N) is 2. The zero-order chi connectivity index (χ0) is 7.98. The van der Waals surface area contributed by atoms with Crippen molar-refractivity contribution in [3.63, 3.8) is 0 Å². The van der Waals surface area contributed by atoms with E-state index < -0.39 is 12.0 Å². The van der Waals surface area contributed by atoms with Crippen LogP contribution >= 0.6 is 0 Å². The average molecular weight is 141 g/mol. The van der Waals surface area contributed by atoms with Crippen LogP contribution in [0.25, 0.3) is 0 Å². The summed E-state index contributed by atoms with van der Waals surface area (Å²) in [4.78, 5) is 10.5. The summed E-state index contributed by atoms with van der Waals surface area (Å²) in [6, 6.07) is 0.216. The summed E-state index contributed by atoms with van der Waals surface area (Å²) >= 11 is 0. The largest absolute Gasteiger partial charge is 0.464 e. The first-order valence-electron chi connectivity index (χ1n) is 2.69. The first-order chi connectivity index (χ1) is 4.76. The van der Waals surface area contributed by atoms with Crippen molar-refractivity contribution in [3.8, 4) is 6.07 Å². The third-order valence-electron chi connectivity index (χ3n) is 0.761. The Morgan fingerprint density at radius 1 is 2.00 bits per heavy atom. The predicted octanol–water partition coefficient (Wildman–Crippen LogP) is 0.473. The van der Waals surface area contributed by atoms with Gasteiger partial charge in [0.15, 0.2) is 0 Å². The van der Waals surface area contributed by atoms with Crippen molar-refractivity contribution >= 4 is 5.97 Å². The maximum Gasteiger partial charge on any atom is 0.347 e. The molecule has 0 aliphatic rings. The van der Waals surface area contributed by atoms with Gasteiger partial charge in [-0.05, 0) is 6.92 Å². The van der Waals surface area contributed by atoms with E-state index in [0.29, 0.717) is 0 Å². The topological polar surface area (TPSA) is 86.3 Å². The molecule has 0 radical (unpaired) electrons. The maximum atomic E-state index is 10.5. The SMILES string of the molecule is CCOC(=O)C(C#N)N=N. The lowest BCUT2D eigenvalue weighted by molar-refractivity contribution is -0.143. The van der Waals surface area contributed by atoms with Crippen LogP contribution < -0.4 is 0 Å². The number of rotatable bonds is 3. The molecule has 1 unspecified atom stereocenters. The fourth-order valence-corrected chi connectivity index (χ4v) is 0.355. The van der Waals surface area contributed by atoms with Crippen molar-refractivity contribution in [2.45, 2.75) is 13.0 Å². The number of esters is 1. The third-order valence-corrected chi connectivity index (χ3v) is 0.761. The molecular weight excluding hydrogens is 134 g/mol. The Hall–Kier alpha value is -1.44. The van der Waals surface area contributed by atoms with Gasteiger partial charge in [0, 0.05) is 0 Å². The van der Waals surface area contributed by atoms with E-state index in [-0.39, 0.29) is 6.61 Å². The Kier molecular flexibility index (Phi) is 3.80. The van der Waals surface area contributed by atoms with Gasteiger partial charge in [-0.1, -0.05) is 0 Å². The molecule has 0 aromatic carbocycles. The summed E-state index contributed by atoms with van der Waals surface area (Å²) in [5.74, 6) is -0.764. The molecule has 0 aromatic heterocycles. The molecule has 0 aliphatic carbocycles. The van der Waals surface area contributed by atoms with E-state index in [1.165, 1.54) is 6.07 Å². The average Bonchev–Trinajstić information content (AvgIpc) is 1.91. The van der Waals surface area contributed by atoms with Crippen LogP contribution in [0.2, 0.25) is 0 Å². The Bertz CT molecular complexity index is 172. The van der Waals surface area contributed by atoms with E-state index in [2.05, 4.69) is 9.85 Å². The molecule has 10 heavy (non-hydrogen) atoms. The number of nitrogens with one attached hydrogen (secondary N) is 1. The Morgan fingerprint density at radius 2 is 2.60 bits per heavy atom.